The van der Waals surface area contributed by atoms with Crippen LogP contribution in [0.4, 0.5) is 22.0 Å². The van der Waals surface area contributed by atoms with Crippen LogP contribution in [-0.2, 0) is 16.2 Å². The Labute approximate surface area is 162 Å². The average molecular weight is 435 g/mol. The third kappa shape index (κ3) is 4.37. The number of aromatic nitrogens is 1. The molecule has 1 aromatic heterocycles. The number of nitrogens with zero attached hydrogens (tertiary/aromatic N) is 3. The first kappa shape index (κ1) is 21.1. The molecule has 0 bridgehead atoms. The van der Waals surface area contributed by atoms with E-state index in [1.165, 1.54) is 4.90 Å². The lowest BCUT2D eigenvalue weighted by Crippen LogP contribution is -2.50. The molecule has 1 amide bonds. The van der Waals surface area contributed by atoms with Gasteiger partial charge in [0.2, 0.25) is 10.0 Å². The highest BCUT2D eigenvalue weighted by Gasteiger charge is 2.33. The maximum absolute atomic E-state index is 13.3. The van der Waals surface area contributed by atoms with E-state index < -0.39 is 44.3 Å². The van der Waals surface area contributed by atoms with Crippen LogP contribution < -0.4 is 0 Å². The number of carbonyl (C=O) groups is 1. The number of piperazine rings is 1. The molecule has 0 N–H and O–H groups in total. The van der Waals surface area contributed by atoms with Crippen molar-refractivity contribution in [2.45, 2.75) is 11.1 Å². The average Bonchev–Trinajstić information content (AvgIpc) is 2.69. The first-order valence-corrected chi connectivity index (χ1v) is 9.72. The Morgan fingerprint density at radius 3 is 2.14 bits per heavy atom. The van der Waals surface area contributed by atoms with Crippen molar-refractivity contribution in [1.82, 2.24) is 14.2 Å². The van der Waals surface area contributed by atoms with Crippen molar-refractivity contribution in [1.29, 1.82) is 0 Å². The summed E-state index contributed by atoms with van der Waals surface area (Å²) in [7, 11) is -4.09. The number of alkyl halides is 3. The molecule has 0 unspecified atom stereocenters. The number of pyridine rings is 1. The number of amides is 1. The van der Waals surface area contributed by atoms with Gasteiger partial charge in [-0.05, 0) is 30.3 Å². The van der Waals surface area contributed by atoms with Crippen LogP contribution in [0.3, 0.4) is 0 Å². The molecule has 156 valence electrons. The largest absolute Gasteiger partial charge is 0.433 e. The first-order chi connectivity index (χ1) is 13.5. The maximum Gasteiger partial charge on any atom is 0.433 e. The molecule has 12 heteroatoms. The number of benzene rings is 1. The van der Waals surface area contributed by atoms with Gasteiger partial charge in [-0.25, -0.2) is 17.2 Å². The SMILES string of the molecule is O=C(c1ccc(C(F)(F)F)nc1)N1CCN(S(=O)(=O)c2ccc(F)c(F)c2)CC1. The van der Waals surface area contributed by atoms with Crippen molar-refractivity contribution in [3.05, 3.63) is 59.4 Å². The monoisotopic (exact) mass is 435 g/mol. The van der Waals surface area contributed by atoms with Gasteiger partial charge in [0.15, 0.2) is 11.6 Å². The van der Waals surface area contributed by atoms with E-state index in [1.54, 1.807) is 0 Å². The van der Waals surface area contributed by atoms with E-state index in [1.807, 2.05) is 0 Å². The van der Waals surface area contributed by atoms with Crippen molar-refractivity contribution in [3.63, 3.8) is 0 Å². The van der Waals surface area contributed by atoms with Crippen LogP contribution in [0.2, 0.25) is 0 Å². The van der Waals surface area contributed by atoms with E-state index in [9.17, 15) is 35.2 Å². The molecular weight excluding hydrogens is 421 g/mol. The molecule has 6 nitrogen and oxygen atoms in total. The molecule has 0 aliphatic carbocycles. The fourth-order valence-corrected chi connectivity index (χ4v) is 4.22. The Hall–Kier alpha value is -2.60. The fourth-order valence-electron chi connectivity index (χ4n) is 2.79. The first-order valence-electron chi connectivity index (χ1n) is 8.28. The van der Waals surface area contributed by atoms with E-state index in [2.05, 4.69) is 4.98 Å². The number of carbonyl (C=O) groups excluding carboxylic acids is 1. The van der Waals surface area contributed by atoms with Gasteiger partial charge >= 0.3 is 6.18 Å². The van der Waals surface area contributed by atoms with E-state index in [-0.39, 0.29) is 31.7 Å². The number of hydrogen-bond donors (Lipinski definition) is 0. The second-order valence-electron chi connectivity index (χ2n) is 6.20. The van der Waals surface area contributed by atoms with E-state index >= 15 is 0 Å². The third-order valence-electron chi connectivity index (χ3n) is 4.36. The summed E-state index contributed by atoms with van der Waals surface area (Å²) >= 11 is 0. The molecule has 2 heterocycles. The zero-order chi connectivity index (χ0) is 21.4. The molecule has 3 rings (SSSR count). The summed E-state index contributed by atoms with van der Waals surface area (Å²) in [6, 6.07) is 3.93. The van der Waals surface area contributed by atoms with Gasteiger partial charge in [0.25, 0.3) is 5.91 Å². The lowest BCUT2D eigenvalue weighted by Gasteiger charge is -2.34. The van der Waals surface area contributed by atoms with E-state index in [0.29, 0.717) is 18.2 Å². The second kappa shape index (κ2) is 7.67. The Morgan fingerprint density at radius 2 is 1.62 bits per heavy atom. The van der Waals surface area contributed by atoms with Crippen LogP contribution >= 0.6 is 0 Å². The predicted molar refractivity (Wildman–Crippen MR) is 90.3 cm³/mol. The van der Waals surface area contributed by atoms with Gasteiger partial charge < -0.3 is 4.90 Å². The van der Waals surface area contributed by atoms with Crippen molar-refractivity contribution in [2.24, 2.45) is 0 Å². The van der Waals surface area contributed by atoms with E-state index in [0.717, 1.165) is 22.6 Å². The summed E-state index contributed by atoms with van der Waals surface area (Å²) in [5.74, 6) is -3.06. The minimum atomic E-state index is -4.62. The minimum absolute atomic E-state index is 0.0250. The van der Waals surface area contributed by atoms with E-state index in [4.69, 9.17) is 0 Å². The summed E-state index contributed by atoms with van der Waals surface area (Å²) in [5, 5.41) is 0. The third-order valence-corrected chi connectivity index (χ3v) is 6.25. The molecular formula is C17H14F5N3O3S. The van der Waals surface area contributed by atoms with Gasteiger partial charge in [-0.1, -0.05) is 0 Å². The molecule has 1 saturated heterocycles. The topological polar surface area (TPSA) is 70.6 Å². The van der Waals surface area contributed by atoms with Gasteiger partial charge in [-0.3, -0.25) is 9.78 Å². The molecule has 29 heavy (non-hydrogen) atoms. The van der Waals surface area contributed by atoms with Crippen LogP contribution in [-0.4, -0.2) is 54.7 Å². The van der Waals surface area contributed by atoms with Gasteiger partial charge in [-0.15, -0.1) is 0 Å². The highest BCUT2D eigenvalue weighted by molar-refractivity contribution is 7.89. The zero-order valence-corrected chi connectivity index (χ0v) is 15.5. The van der Waals surface area contributed by atoms with Crippen molar-refractivity contribution in [2.75, 3.05) is 26.2 Å². The molecule has 2 aromatic rings. The number of rotatable bonds is 3. The number of sulfonamides is 1. The molecule has 0 atom stereocenters. The van der Waals surface area contributed by atoms with Gasteiger partial charge in [-0.2, -0.15) is 17.5 Å². The quantitative estimate of drug-likeness (QED) is 0.695. The summed E-state index contributed by atoms with van der Waals surface area (Å²) < 4.78 is 90.1. The smallest absolute Gasteiger partial charge is 0.336 e. The van der Waals surface area contributed by atoms with Crippen LogP contribution in [0.15, 0.2) is 41.4 Å². The summed E-state index contributed by atoms with van der Waals surface area (Å²) in [4.78, 5) is 16.5. The highest BCUT2D eigenvalue weighted by Crippen LogP contribution is 2.27. The maximum atomic E-state index is 13.3. The molecule has 1 aliphatic rings. The van der Waals surface area contributed by atoms with Crippen molar-refractivity contribution < 1.29 is 35.2 Å². The Balaban J connectivity index is 1.68. The fraction of sp³-hybridized carbons (Fsp3) is 0.294. The van der Waals surface area contributed by atoms with Crippen LogP contribution in [0.25, 0.3) is 0 Å². The Morgan fingerprint density at radius 1 is 0.966 bits per heavy atom. The van der Waals surface area contributed by atoms with Crippen molar-refractivity contribution >= 4 is 15.9 Å². The summed E-state index contributed by atoms with van der Waals surface area (Å²) in [5.41, 5.74) is -1.19. The van der Waals surface area contributed by atoms with Crippen LogP contribution in [0, 0.1) is 11.6 Å². The van der Waals surface area contributed by atoms with Crippen molar-refractivity contribution in [3.8, 4) is 0 Å². The lowest BCUT2D eigenvalue weighted by atomic mass is 10.2. The van der Waals surface area contributed by atoms with Gasteiger partial charge in [0, 0.05) is 32.4 Å². The molecule has 0 spiro atoms. The number of halogens is 5. The van der Waals surface area contributed by atoms with Gasteiger partial charge in [0.05, 0.1) is 10.5 Å². The molecule has 1 aliphatic heterocycles. The molecule has 0 saturated carbocycles. The normalized spacial score (nSPS) is 16.1. The zero-order valence-electron chi connectivity index (χ0n) is 14.7. The number of hydrogen-bond acceptors (Lipinski definition) is 4. The van der Waals surface area contributed by atoms with Crippen LogP contribution in [0.5, 0.6) is 0 Å². The van der Waals surface area contributed by atoms with Gasteiger partial charge in [0.1, 0.15) is 5.69 Å². The minimum Gasteiger partial charge on any atom is -0.336 e. The van der Waals surface area contributed by atoms with Crippen LogP contribution in [0.1, 0.15) is 16.1 Å². The summed E-state index contributed by atoms with van der Waals surface area (Å²) in [6.07, 6.45) is -3.81. The standard InChI is InChI=1S/C17H14F5N3O3S/c18-13-3-2-12(9-14(13)19)29(27,28)25-7-5-24(6-8-25)16(26)11-1-4-15(23-10-11)17(20,21)22/h1-4,9-10H,5-8H2. The molecule has 0 radical (unpaired) electrons. The molecule has 1 aromatic carbocycles. The summed E-state index contributed by atoms with van der Waals surface area (Å²) in [6.45, 7) is -0.270. The second-order valence-corrected chi connectivity index (χ2v) is 8.14. The Kier molecular flexibility index (Phi) is 5.59. The highest BCUT2D eigenvalue weighted by atomic mass is 32.2. The predicted octanol–water partition coefficient (Wildman–Crippen LogP) is 2.53. The lowest BCUT2D eigenvalue weighted by molar-refractivity contribution is -0.141. The Bertz CT molecular complexity index is 1020. The molecule has 1 fully saturated rings.